The van der Waals surface area contributed by atoms with Gasteiger partial charge in [0.25, 0.3) is 5.56 Å². The lowest BCUT2D eigenvalue weighted by atomic mass is 9.96. The fraction of sp³-hybridized carbons (Fsp3) is 0.154. The molecule has 2 N–H and O–H groups in total. The van der Waals surface area contributed by atoms with Crippen LogP contribution in [0.4, 0.5) is 10.6 Å². The zero-order valence-corrected chi connectivity index (χ0v) is 20.0. The summed E-state index contributed by atoms with van der Waals surface area (Å²) < 4.78 is 1.48. The molecule has 0 saturated heterocycles. The summed E-state index contributed by atoms with van der Waals surface area (Å²) in [5.74, 6) is 0.418. The van der Waals surface area contributed by atoms with Crippen LogP contribution >= 0.6 is 23.2 Å². The lowest BCUT2D eigenvalue weighted by molar-refractivity contribution is 0.251. The monoisotopic (exact) mass is 479 g/mol. The molecule has 0 unspecified atom stereocenters. The van der Waals surface area contributed by atoms with Crippen molar-refractivity contribution in [1.82, 2.24) is 9.88 Å². The van der Waals surface area contributed by atoms with Gasteiger partial charge in [0.1, 0.15) is 5.82 Å². The maximum absolute atomic E-state index is 13.2. The van der Waals surface area contributed by atoms with Gasteiger partial charge in [0.2, 0.25) is 0 Å². The SMILES string of the molecule is Cc1cc2c(-c3ccccc3)c(NC(=O)NCc3ccc(Cl)cc3Cl)n(C)c(=O)c2cc1C. The first-order valence-electron chi connectivity index (χ1n) is 10.4. The highest BCUT2D eigenvalue weighted by atomic mass is 35.5. The largest absolute Gasteiger partial charge is 0.334 e. The van der Waals surface area contributed by atoms with Gasteiger partial charge in [0.05, 0.1) is 0 Å². The van der Waals surface area contributed by atoms with Crippen LogP contribution in [-0.2, 0) is 13.6 Å². The van der Waals surface area contributed by atoms with E-state index in [1.807, 2.05) is 56.3 Å². The highest BCUT2D eigenvalue weighted by molar-refractivity contribution is 6.35. The van der Waals surface area contributed by atoms with E-state index in [9.17, 15) is 9.59 Å². The normalized spacial score (nSPS) is 10.9. The topological polar surface area (TPSA) is 63.1 Å². The summed E-state index contributed by atoms with van der Waals surface area (Å²) in [6.45, 7) is 4.21. The predicted octanol–water partition coefficient (Wildman–Crippen LogP) is 6.45. The molecule has 4 rings (SSSR count). The molecule has 0 saturated carbocycles. The van der Waals surface area contributed by atoms with Crippen LogP contribution in [0, 0.1) is 13.8 Å². The zero-order chi connectivity index (χ0) is 23.7. The van der Waals surface area contributed by atoms with E-state index in [0.717, 1.165) is 33.2 Å². The van der Waals surface area contributed by atoms with Crippen molar-refractivity contribution in [1.29, 1.82) is 0 Å². The third-order valence-electron chi connectivity index (χ3n) is 5.76. The molecule has 168 valence electrons. The average Bonchev–Trinajstić information content (AvgIpc) is 2.79. The molecule has 7 heteroatoms. The summed E-state index contributed by atoms with van der Waals surface area (Å²) in [5.41, 5.74) is 4.35. The summed E-state index contributed by atoms with van der Waals surface area (Å²) in [5, 5.41) is 8.10. The molecular weight excluding hydrogens is 457 g/mol. The molecule has 0 aliphatic heterocycles. The molecule has 0 aliphatic rings. The van der Waals surface area contributed by atoms with E-state index in [1.54, 1.807) is 25.2 Å². The van der Waals surface area contributed by atoms with Crippen molar-refractivity contribution in [2.45, 2.75) is 20.4 Å². The lowest BCUT2D eigenvalue weighted by Crippen LogP contribution is -2.32. The number of carbonyl (C=O) groups excluding carboxylic acids is 1. The van der Waals surface area contributed by atoms with E-state index >= 15 is 0 Å². The molecule has 1 heterocycles. The highest BCUT2D eigenvalue weighted by Crippen LogP contribution is 2.35. The molecule has 0 bridgehead atoms. The number of aryl methyl sites for hydroxylation is 2. The fourth-order valence-corrected chi connectivity index (χ4v) is 4.29. The van der Waals surface area contributed by atoms with Gasteiger partial charge in [-0.3, -0.25) is 14.7 Å². The van der Waals surface area contributed by atoms with Crippen molar-refractivity contribution in [3.05, 3.63) is 97.8 Å². The Kier molecular flexibility index (Phi) is 6.45. The van der Waals surface area contributed by atoms with Crippen molar-refractivity contribution < 1.29 is 4.79 Å². The van der Waals surface area contributed by atoms with Gasteiger partial charge in [-0.05, 0) is 59.7 Å². The molecule has 4 aromatic rings. The number of amides is 2. The number of anilines is 1. The number of hydrogen-bond donors (Lipinski definition) is 2. The first-order valence-corrected chi connectivity index (χ1v) is 11.2. The number of nitrogens with one attached hydrogen (secondary N) is 2. The molecule has 0 fully saturated rings. The summed E-state index contributed by atoms with van der Waals surface area (Å²) >= 11 is 12.2. The molecular formula is C26H23Cl2N3O2. The van der Waals surface area contributed by atoms with Gasteiger partial charge >= 0.3 is 6.03 Å². The Morgan fingerprint density at radius 3 is 2.27 bits per heavy atom. The van der Waals surface area contributed by atoms with Crippen molar-refractivity contribution in [3.63, 3.8) is 0 Å². The van der Waals surface area contributed by atoms with E-state index in [0.29, 0.717) is 21.2 Å². The quantitative estimate of drug-likeness (QED) is 0.353. The van der Waals surface area contributed by atoms with E-state index in [2.05, 4.69) is 10.6 Å². The predicted molar refractivity (Wildman–Crippen MR) is 136 cm³/mol. The molecule has 0 spiro atoms. The van der Waals surface area contributed by atoms with Gasteiger partial charge < -0.3 is 5.32 Å². The number of benzene rings is 3. The minimum atomic E-state index is -0.448. The molecule has 3 aromatic carbocycles. The highest BCUT2D eigenvalue weighted by Gasteiger charge is 2.19. The first-order chi connectivity index (χ1) is 15.8. The molecule has 5 nitrogen and oxygen atoms in total. The third kappa shape index (κ3) is 4.61. The van der Waals surface area contributed by atoms with E-state index < -0.39 is 6.03 Å². The van der Waals surface area contributed by atoms with E-state index in [4.69, 9.17) is 23.2 Å². The summed E-state index contributed by atoms with van der Waals surface area (Å²) in [7, 11) is 1.66. The van der Waals surface area contributed by atoms with Crippen LogP contribution in [-0.4, -0.2) is 10.6 Å². The zero-order valence-electron chi connectivity index (χ0n) is 18.5. The molecule has 0 atom stereocenters. The summed E-state index contributed by atoms with van der Waals surface area (Å²) in [6, 6.07) is 18.3. The number of fused-ring (bicyclic) bond motifs is 1. The fourth-order valence-electron chi connectivity index (χ4n) is 3.81. The number of aromatic nitrogens is 1. The van der Waals surface area contributed by atoms with E-state index in [1.165, 1.54) is 4.57 Å². The summed E-state index contributed by atoms with van der Waals surface area (Å²) in [4.78, 5) is 26.1. The van der Waals surface area contributed by atoms with Gasteiger partial charge in [0, 0.05) is 34.6 Å². The maximum atomic E-state index is 13.2. The minimum Gasteiger partial charge on any atom is -0.334 e. The van der Waals surface area contributed by atoms with Gasteiger partial charge in [-0.15, -0.1) is 0 Å². The standard InChI is InChI=1S/C26H23Cl2N3O2/c1-15-11-20-21(12-16(15)2)25(32)31(3)24(23(20)17-7-5-4-6-8-17)30-26(33)29-14-18-9-10-19(27)13-22(18)28/h4-13H,14H2,1-3H3,(H2,29,30,33). The number of carbonyl (C=O) groups is 1. The van der Waals surface area contributed by atoms with Crippen LogP contribution in [0.3, 0.4) is 0 Å². The molecule has 1 aromatic heterocycles. The Hall–Kier alpha value is -3.28. The Morgan fingerprint density at radius 1 is 0.939 bits per heavy atom. The number of rotatable bonds is 4. The van der Waals surface area contributed by atoms with Gasteiger partial charge in [-0.1, -0.05) is 65.7 Å². The van der Waals surface area contributed by atoms with Crippen molar-refractivity contribution in [3.8, 4) is 11.1 Å². The molecule has 0 aliphatic carbocycles. The Labute approximate surface area is 202 Å². The van der Waals surface area contributed by atoms with Gasteiger partial charge in [-0.2, -0.15) is 0 Å². The smallest absolute Gasteiger partial charge is 0.320 e. The number of halogens is 2. The Balaban J connectivity index is 1.78. The number of urea groups is 1. The van der Waals surface area contributed by atoms with Crippen molar-refractivity contribution in [2.24, 2.45) is 7.05 Å². The molecule has 0 radical (unpaired) electrons. The van der Waals surface area contributed by atoms with Crippen LogP contribution in [0.25, 0.3) is 21.9 Å². The van der Waals surface area contributed by atoms with E-state index in [-0.39, 0.29) is 12.1 Å². The third-order valence-corrected chi connectivity index (χ3v) is 6.35. The molecule has 33 heavy (non-hydrogen) atoms. The second-order valence-corrected chi connectivity index (χ2v) is 8.82. The second kappa shape index (κ2) is 9.30. The summed E-state index contributed by atoms with van der Waals surface area (Å²) in [6.07, 6.45) is 0. The number of hydrogen-bond acceptors (Lipinski definition) is 2. The lowest BCUT2D eigenvalue weighted by Gasteiger charge is -2.19. The molecule has 2 amide bonds. The van der Waals surface area contributed by atoms with Crippen LogP contribution in [0.15, 0.2) is 65.5 Å². The van der Waals surface area contributed by atoms with Crippen LogP contribution in [0.2, 0.25) is 10.0 Å². The van der Waals surface area contributed by atoms with Gasteiger partial charge in [0.15, 0.2) is 0 Å². The van der Waals surface area contributed by atoms with Crippen LogP contribution < -0.4 is 16.2 Å². The second-order valence-electron chi connectivity index (χ2n) is 7.98. The Bertz CT molecular complexity index is 1430. The average molecular weight is 480 g/mol. The van der Waals surface area contributed by atoms with Crippen molar-refractivity contribution in [2.75, 3.05) is 5.32 Å². The van der Waals surface area contributed by atoms with Crippen molar-refractivity contribution >= 4 is 45.8 Å². The first kappa shape index (κ1) is 22.9. The minimum absolute atomic E-state index is 0.177. The maximum Gasteiger partial charge on any atom is 0.320 e. The number of pyridine rings is 1. The Morgan fingerprint density at radius 2 is 1.61 bits per heavy atom. The number of nitrogens with zero attached hydrogens (tertiary/aromatic N) is 1. The van der Waals surface area contributed by atoms with Crippen LogP contribution in [0.5, 0.6) is 0 Å². The van der Waals surface area contributed by atoms with Gasteiger partial charge in [-0.25, -0.2) is 4.79 Å². The van der Waals surface area contributed by atoms with Crippen LogP contribution in [0.1, 0.15) is 16.7 Å².